The maximum Gasteiger partial charge on any atom is 0.244 e. The van der Waals surface area contributed by atoms with Crippen LogP contribution in [0.25, 0.3) is 11.4 Å². The van der Waals surface area contributed by atoms with E-state index in [4.69, 9.17) is 21.1 Å². The average Bonchev–Trinajstić information content (AvgIpc) is 3.30. The van der Waals surface area contributed by atoms with Gasteiger partial charge in [0.1, 0.15) is 6.54 Å². The van der Waals surface area contributed by atoms with Gasteiger partial charge in [-0.1, -0.05) is 17.7 Å². The molecule has 0 radical (unpaired) electrons. The molecule has 0 spiro atoms. The lowest BCUT2D eigenvalue weighted by Crippen LogP contribution is -2.30. The van der Waals surface area contributed by atoms with Gasteiger partial charge < -0.3 is 14.8 Å². The summed E-state index contributed by atoms with van der Waals surface area (Å²) in [4.78, 5) is 13.6. The third-order valence-electron chi connectivity index (χ3n) is 4.11. The molecule has 138 valence electrons. The van der Waals surface area contributed by atoms with Gasteiger partial charge in [0, 0.05) is 10.6 Å². The second-order valence-electron chi connectivity index (χ2n) is 6.05. The van der Waals surface area contributed by atoms with Gasteiger partial charge in [0.2, 0.25) is 18.5 Å². The molecule has 0 aliphatic carbocycles. The van der Waals surface area contributed by atoms with Gasteiger partial charge in [-0.3, -0.25) is 4.79 Å². The average molecular weight is 386 g/mol. The van der Waals surface area contributed by atoms with Crippen molar-refractivity contribution in [1.29, 1.82) is 0 Å². The summed E-state index contributed by atoms with van der Waals surface area (Å²) in [7, 11) is 0. The van der Waals surface area contributed by atoms with Crippen molar-refractivity contribution in [1.82, 2.24) is 25.5 Å². The minimum atomic E-state index is -0.222. The van der Waals surface area contributed by atoms with Crippen LogP contribution in [0.15, 0.2) is 42.5 Å². The van der Waals surface area contributed by atoms with E-state index in [0.29, 0.717) is 22.3 Å². The summed E-state index contributed by atoms with van der Waals surface area (Å²) >= 11 is 5.87. The second kappa shape index (κ2) is 7.24. The Hall–Kier alpha value is -3.13. The first-order valence-corrected chi connectivity index (χ1v) is 8.69. The van der Waals surface area contributed by atoms with E-state index in [0.717, 1.165) is 11.1 Å². The van der Waals surface area contributed by atoms with Gasteiger partial charge in [0.05, 0.1) is 6.04 Å². The number of benzene rings is 2. The monoisotopic (exact) mass is 385 g/mol. The smallest absolute Gasteiger partial charge is 0.244 e. The molecule has 3 aromatic rings. The lowest BCUT2D eigenvalue weighted by atomic mass is 10.1. The van der Waals surface area contributed by atoms with E-state index in [9.17, 15) is 4.79 Å². The minimum absolute atomic E-state index is 0.0323. The fourth-order valence-electron chi connectivity index (χ4n) is 2.71. The molecule has 1 aliphatic heterocycles. The topological polar surface area (TPSA) is 91.2 Å². The summed E-state index contributed by atoms with van der Waals surface area (Å²) in [5, 5.41) is 15.7. The number of ether oxygens (including phenoxy) is 2. The summed E-state index contributed by atoms with van der Waals surface area (Å²) in [6, 6.07) is 12.5. The summed E-state index contributed by atoms with van der Waals surface area (Å²) in [5.74, 6) is 1.60. The van der Waals surface area contributed by atoms with Crippen LogP contribution in [0.2, 0.25) is 5.02 Å². The van der Waals surface area contributed by atoms with Crippen molar-refractivity contribution in [2.75, 3.05) is 6.79 Å². The Labute approximate surface area is 160 Å². The first kappa shape index (κ1) is 17.3. The van der Waals surface area contributed by atoms with Gasteiger partial charge in [-0.25, -0.2) is 0 Å². The Balaban J connectivity index is 1.38. The SMILES string of the molecule is CC(NC(=O)Cn1nnc(-c2ccc(Cl)cc2)n1)c1ccc2c(c1)OCO2. The van der Waals surface area contributed by atoms with Crippen LogP contribution in [0, 0.1) is 0 Å². The van der Waals surface area contributed by atoms with E-state index in [1.807, 2.05) is 25.1 Å². The van der Waals surface area contributed by atoms with E-state index in [1.54, 1.807) is 24.3 Å². The van der Waals surface area contributed by atoms with E-state index in [1.165, 1.54) is 4.80 Å². The number of carbonyl (C=O) groups excluding carboxylic acids is 1. The highest BCUT2D eigenvalue weighted by Gasteiger charge is 2.17. The van der Waals surface area contributed by atoms with Gasteiger partial charge >= 0.3 is 0 Å². The Morgan fingerprint density at radius 3 is 2.81 bits per heavy atom. The molecule has 0 bridgehead atoms. The maximum atomic E-state index is 12.3. The first-order chi connectivity index (χ1) is 13.1. The number of carbonyl (C=O) groups is 1. The molecule has 1 unspecified atom stereocenters. The molecule has 27 heavy (non-hydrogen) atoms. The lowest BCUT2D eigenvalue weighted by Gasteiger charge is -2.14. The molecular weight excluding hydrogens is 370 g/mol. The summed E-state index contributed by atoms with van der Waals surface area (Å²) < 4.78 is 10.7. The fraction of sp³-hybridized carbons (Fsp3) is 0.222. The summed E-state index contributed by atoms with van der Waals surface area (Å²) in [5.41, 5.74) is 1.70. The normalized spacial score (nSPS) is 13.4. The second-order valence-corrected chi connectivity index (χ2v) is 6.49. The lowest BCUT2D eigenvalue weighted by molar-refractivity contribution is -0.122. The van der Waals surface area contributed by atoms with E-state index >= 15 is 0 Å². The van der Waals surface area contributed by atoms with Crippen molar-refractivity contribution < 1.29 is 14.3 Å². The molecule has 0 saturated heterocycles. The third kappa shape index (κ3) is 3.85. The zero-order valence-corrected chi connectivity index (χ0v) is 15.2. The van der Waals surface area contributed by atoms with Crippen molar-refractivity contribution in [3.05, 3.63) is 53.1 Å². The first-order valence-electron chi connectivity index (χ1n) is 8.31. The number of hydrogen-bond acceptors (Lipinski definition) is 6. The predicted octanol–water partition coefficient (Wildman–Crippen LogP) is 2.60. The van der Waals surface area contributed by atoms with E-state index < -0.39 is 0 Å². The molecule has 1 atom stereocenters. The predicted molar refractivity (Wildman–Crippen MR) is 97.4 cm³/mol. The number of aromatic nitrogens is 4. The molecule has 1 amide bonds. The Morgan fingerprint density at radius 2 is 2.00 bits per heavy atom. The molecule has 8 nitrogen and oxygen atoms in total. The maximum absolute atomic E-state index is 12.3. The number of rotatable bonds is 5. The zero-order valence-electron chi connectivity index (χ0n) is 14.4. The number of amides is 1. The van der Waals surface area contributed by atoms with Crippen LogP contribution >= 0.6 is 11.6 Å². The molecule has 9 heteroatoms. The highest BCUT2D eigenvalue weighted by atomic mass is 35.5. The third-order valence-corrected chi connectivity index (χ3v) is 4.37. The number of tetrazole rings is 1. The van der Waals surface area contributed by atoms with Crippen molar-refractivity contribution in [3.8, 4) is 22.9 Å². The largest absolute Gasteiger partial charge is 0.454 e. The minimum Gasteiger partial charge on any atom is -0.454 e. The molecule has 0 saturated carbocycles. The Bertz CT molecular complexity index is 973. The van der Waals surface area contributed by atoms with Crippen LogP contribution in [-0.4, -0.2) is 32.9 Å². The molecule has 0 fully saturated rings. The van der Waals surface area contributed by atoms with Gasteiger partial charge in [-0.05, 0) is 54.1 Å². The van der Waals surface area contributed by atoms with Crippen molar-refractivity contribution in [3.63, 3.8) is 0 Å². The molecule has 2 aromatic carbocycles. The van der Waals surface area contributed by atoms with Gasteiger partial charge in [-0.2, -0.15) is 4.80 Å². The molecule has 1 aromatic heterocycles. The number of halogens is 1. The molecule has 4 rings (SSSR count). The standard InChI is InChI=1S/C18H16ClN5O3/c1-11(13-4-7-15-16(8-13)27-10-26-15)20-17(25)9-24-22-18(21-23-24)12-2-5-14(19)6-3-12/h2-8,11H,9-10H2,1H3,(H,20,25). The number of nitrogens with one attached hydrogen (secondary N) is 1. The molecule has 2 heterocycles. The number of hydrogen-bond donors (Lipinski definition) is 1. The Kier molecular flexibility index (Phi) is 4.64. The quantitative estimate of drug-likeness (QED) is 0.725. The zero-order chi connectivity index (χ0) is 18.8. The highest BCUT2D eigenvalue weighted by Crippen LogP contribution is 2.34. The van der Waals surface area contributed by atoms with Gasteiger partial charge in [0.15, 0.2) is 11.5 Å². The summed E-state index contributed by atoms with van der Waals surface area (Å²) in [6.45, 7) is 2.08. The molecule has 1 aliphatic rings. The van der Waals surface area contributed by atoms with Crippen LogP contribution < -0.4 is 14.8 Å². The fourth-order valence-corrected chi connectivity index (χ4v) is 2.83. The number of fused-ring (bicyclic) bond motifs is 1. The number of nitrogens with zero attached hydrogens (tertiary/aromatic N) is 4. The van der Waals surface area contributed by atoms with Gasteiger partial charge in [0.25, 0.3) is 0 Å². The van der Waals surface area contributed by atoms with E-state index in [-0.39, 0.29) is 25.3 Å². The van der Waals surface area contributed by atoms with Crippen LogP contribution in [0.1, 0.15) is 18.5 Å². The van der Waals surface area contributed by atoms with Gasteiger partial charge in [-0.15, -0.1) is 10.2 Å². The highest BCUT2D eigenvalue weighted by molar-refractivity contribution is 6.30. The van der Waals surface area contributed by atoms with Crippen LogP contribution in [0.3, 0.4) is 0 Å². The van der Waals surface area contributed by atoms with E-state index in [2.05, 4.69) is 20.7 Å². The van der Waals surface area contributed by atoms with Crippen LogP contribution in [0.5, 0.6) is 11.5 Å². The molecular formula is C18H16ClN5O3. The van der Waals surface area contributed by atoms with Crippen LogP contribution in [-0.2, 0) is 11.3 Å². The Morgan fingerprint density at radius 1 is 1.22 bits per heavy atom. The van der Waals surface area contributed by atoms with Crippen molar-refractivity contribution in [2.24, 2.45) is 0 Å². The van der Waals surface area contributed by atoms with Crippen molar-refractivity contribution in [2.45, 2.75) is 19.5 Å². The summed E-state index contributed by atoms with van der Waals surface area (Å²) in [6.07, 6.45) is 0. The van der Waals surface area contributed by atoms with Crippen molar-refractivity contribution >= 4 is 17.5 Å². The molecule has 1 N–H and O–H groups in total. The van der Waals surface area contributed by atoms with Crippen LogP contribution in [0.4, 0.5) is 0 Å².